The molecule has 0 bridgehead atoms. The lowest BCUT2D eigenvalue weighted by Gasteiger charge is -2.37. The van der Waals surface area contributed by atoms with Crippen molar-refractivity contribution in [3.63, 3.8) is 0 Å². The van der Waals surface area contributed by atoms with E-state index in [1.165, 1.54) is 0 Å². The Morgan fingerprint density at radius 1 is 1.50 bits per heavy atom. The van der Waals surface area contributed by atoms with Gasteiger partial charge in [-0.2, -0.15) is 0 Å². The zero-order chi connectivity index (χ0) is 12.0. The van der Waals surface area contributed by atoms with Crippen molar-refractivity contribution in [2.75, 3.05) is 26.2 Å². The molecule has 1 rings (SSSR count). The predicted molar refractivity (Wildman–Crippen MR) is 64.1 cm³/mol. The molecule has 2 unspecified atom stereocenters. The van der Waals surface area contributed by atoms with Crippen LogP contribution in [-0.4, -0.2) is 48.2 Å². The van der Waals surface area contributed by atoms with Crippen LogP contribution >= 0.6 is 0 Å². The van der Waals surface area contributed by atoms with Crippen molar-refractivity contribution in [1.82, 2.24) is 10.2 Å². The van der Waals surface area contributed by atoms with Crippen molar-refractivity contribution in [1.29, 1.82) is 0 Å². The molecule has 0 aromatic rings. The Morgan fingerprint density at radius 2 is 2.25 bits per heavy atom. The number of aliphatic hydroxyl groups is 1. The zero-order valence-electron chi connectivity index (χ0n) is 10.4. The second kappa shape index (κ2) is 6.86. The molecule has 2 atom stereocenters. The van der Waals surface area contributed by atoms with Crippen molar-refractivity contribution in [3.05, 3.63) is 0 Å². The first-order valence-corrected chi connectivity index (χ1v) is 6.27. The molecular weight excluding hydrogens is 204 g/mol. The third-order valence-corrected chi connectivity index (χ3v) is 3.20. The zero-order valence-corrected chi connectivity index (χ0v) is 10.4. The van der Waals surface area contributed by atoms with Gasteiger partial charge in [0.1, 0.15) is 0 Å². The lowest BCUT2D eigenvalue weighted by atomic mass is 9.91. The fourth-order valence-electron chi connectivity index (χ4n) is 2.35. The Balaban J connectivity index is 2.48. The van der Waals surface area contributed by atoms with Gasteiger partial charge in [0.05, 0.1) is 0 Å². The summed E-state index contributed by atoms with van der Waals surface area (Å²) >= 11 is 0. The van der Waals surface area contributed by atoms with Crippen LogP contribution in [0.25, 0.3) is 0 Å². The number of amides is 1. The van der Waals surface area contributed by atoms with Crippen LogP contribution in [-0.2, 0) is 4.79 Å². The van der Waals surface area contributed by atoms with Gasteiger partial charge in [0, 0.05) is 32.7 Å². The van der Waals surface area contributed by atoms with E-state index in [-0.39, 0.29) is 12.5 Å². The summed E-state index contributed by atoms with van der Waals surface area (Å²) in [5, 5.41) is 12.5. The predicted octanol–water partition coefficient (Wildman–Crippen LogP) is 0.605. The van der Waals surface area contributed by atoms with Crippen LogP contribution in [0.15, 0.2) is 0 Å². The number of nitrogens with one attached hydrogen (secondary N) is 1. The minimum absolute atomic E-state index is 0.144. The van der Waals surface area contributed by atoms with Crippen LogP contribution in [0.3, 0.4) is 0 Å². The highest BCUT2D eigenvalue weighted by atomic mass is 16.3. The van der Waals surface area contributed by atoms with Gasteiger partial charge in [-0.05, 0) is 31.7 Å². The van der Waals surface area contributed by atoms with Crippen LogP contribution in [0.2, 0.25) is 0 Å². The number of hydrogen-bond acceptors (Lipinski definition) is 3. The van der Waals surface area contributed by atoms with E-state index in [0.717, 1.165) is 38.9 Å². The maximum atomic E-state index is 11.4. The summed E-state index contributed by atoms with van der Waals surface area (Å²) in [4.78, 5) is 13.3. The third-order valence-electron chi connectivity index (χ3n) is 3.20. The first-order valence-electron chi connectivity index (χ1n) is 6.27. The second-order valence-corrected chi connectivity index (χ2v) is 4.69. The highest BCUT2D eigenvalue weighted by Gasteiger charge is 2.27. The van der Waals surface area contributed by atoms with Gasteiger partial charge < -0.3 is 15.3 Å². The molecule has 2 N–H and O–H groups in total. The molecule has 0 aliphatic carbocycles. The number of aliphatic hydroxyl groups excluding tert-OH is 1. The van der Waals surface area contributed by atoms with Gasteiger partial charge >= 0.3 is 0 Å². The number of rotatable bonds is 5. The van der Waals surface area contributed by atoms with Gasteiger partial charge in [-0.25, -0.2) is 0 Å². The Kier molecular flexibility index (Phi) is 5.77. The van der Waals surface area contributed by atoms with E-state index < -0.39 is 0 Å². The molecule has 1 saturated heterocycles. The molecule has 4 nitrogen and oxygen atoms in total. The topological polar surface area (TPSA) is 52.6 Å². The van der Waals surface area contributed by atoms with Crippen LogP contribution in [0.1, 0.15) is 33.1 Å². The summed E-state index contributed by atoms with van der Waals surface area (Å²) in [5.74, 6) is 0.586. The van der Waals surface area contributed by atoms with Crippen molar-refractivity contribution in [2.24, 2.45) is 5.92 Å². The summed E-state index contributed by atoms with van der Waals surface area (Å²) in [6, 6.07) is 0.397. The maximum Gasteiger partial charge on any atom is 0.219 e. The summed E-state index contributed by atoms with van der Waals surface area (Å²) in [6.45, 7) is 6.61. The van der Waals surface area contributed by atoms with Crippen LogP contribution in [0.4, 0.5) is 0 Å². The second-order valence-electron chi connectivity index (χ2n) is 4.69. The van der Waals surface area contributed by atoms with Gasteiger partial charge in [0.15, 0.2) is 0 Å². The van der Waals surface area contributed by atoms with E-state index in [4.69, 9.17) is 5.11 Å². The minimum atomic E-state index is 0.144. The normalized spacial score (nSPS) is 25.8. The molecular formula is C12H24N2O2. The highest BCUT2D eigenvalue weighted by Crippen LogP contribution is 2.19. The molecule has 0 radical (unpaired) electrons. The molecule has 0 aromatic carbocycles. The standard InChI is InChI=1S/C12H24N2O2/c1-3-5-13-12-7-11(4-6-15)8-14(9-12)10(2)16/h11-13,15H,3-9H2,1-2H3. The van der Waals surface area contributed by atoms with Crippen LogP contribution in [0, 0.1) is 5.92 Å². The fraction of sp³-hybridized carbons (Fsp3) is 0.917. The number of hydrogen-bond donors (Lipinski definition) is 2. The van der Waals surface area contributed by atoms with Crippen molar-refractivity contribution < 1.29 is 9.90 Å². The summed E-state index contributed by atoms with van der Waals surface area (Å²) in [6.07, 6.45) is 2.99. The lowest BCUT2D eigenvalue weighted by Crippen LogP contribution is -2.51. The molecule has 1 heterocycles. The Hall–Kier alpha value is -0.610. The van der Waals surface area contributed by atoms with E-state index in [1.54, 1.807) is 6.92 Å². The number of carbonyl (C=O) groups is 1. The van der Waals surface area contributed by atoms with Gasteiger partial charge in [0.25, 0.3) is 0 Å². The van der Waals surface area contributed by atoms with E-state index in [9.17, 15) is 4.79 Å². The first-order chi connectivity index (χ1) is 7.67. The number of likely N-dealkylation sites (tertiary alicyclic amines) is 1. The maximum absolute atomic E-state index is 11.4. The molecule has 0 aromatic heterocycles. The van der Waals surface area contributed by atoms with Crippen molar-refractivity contribution >= 4 is 5.91 Å². The van der Waals surface area contributed by atoms with Crippen molar-refractivity contribution in [3.8, 4) is 0 Å². The number of piperidine rings is 1. The van der Waals surface area contributed by atoms with E-state index in [1.807, 2.05) is 4.90 Å². The Labute approximate surface area is 98.0 Å². The lowest BCUT2D eigenvalue weighted by molar-refractivity contribution is -0.131. The largest absolute Gasteiger partial charge is 0.396 e. The SMILES string of the molecule is CCCNC1CC(CCO)CN(C(C)=O)C1. The van der Waals surface area contributed by atoms with Crippen LogP contribution in [0.5, 0.6) is 0 Å². The minimum Gasteiger partial charge on any atom is -0.396 e. The van der Waals surface area contributed by atoms with E-state index in [0.29, 0.717) is 12.0 Å². The quantitative estimate of drug-likeness (QED) is 0.725. The molecule has 0 spiro atoms. The number of carbonyl (C=O) groups excluding carboxylic acids is 1. The molecule has 1 aliphatic heterocycles. The Morgan fingerprint density at radius 3 is 2.81 bits per heavy atom. The summed E-state index contributed by atoms with van der Waals surface area (Å²) < 4.78 is 0. The molecule has 94 valence electrons. The molecule has 1 aliphatic rings. The van der Waals surface area contributed by atoms with Gasteiger partial charge in [-0.1, -0.05) is 6.92 Å². The molecule has 0 saturated carbocycles. The molecule has 1 fully saturated rings. The Bertz CT molecular complexity index is 221. The molecule has 1 amide bonds. The van der Waals surface area contributed by atoms with Crippen LogP contribution < -0.4 is 5.32 Å². The average molecular weight is 228 g/mol. The first kappa shape index (κ1) is 13.5. The molecule has 16 heavy (non-hydrogen) atoms. The molecule has 4 heteroatoms. The van der Waals surface area contributed by atoms with E-state index in [2.05, 4.69) is 12.2 Å². The third kappa shape index (κ3) is 4.10. The smallest absolute Gasteiger partial charge is 0.219 e. The van der Waals surface area contributed by atoms with Gasteiger partial charge in [-0.3, -0.25) is 4.79 Å². The monoisotopic (exact) mass is 228 g/mol. The van der Waals surface area contributed by atoms with Gasteiger partial charge in [-0.15, -0.1) is 0 Å². The summed E-state index contributed by atoms with van der Waals surface area (Å²) in [5.41, 5.74) is 0. The number of nitrogens with zero attached hydrogens (tertiary/aromatic N) is 1. The highest BCUT2D eigenvalue weighted by molar-refractivity contribution is 5.73. The fourth-order valence-corrected chi connectivity index (χ4v) is 2.35. The van der Waals surface area contributed by atoms with Crippen molar-refractivity contribution in [2.45, 2.75) is 39.2 Å². The van der Waals surface area contributed by atoms with Gasteiger partial charge in [0.2, 0.25) is 5.91 Å². The van der Waals surface area contributed by atoms with E-state index >= 15 is 0 Å². The summed E-state index contributed by atoms with van der Waals surface area (Å²) in [7, 11) is 0. The average Bonchev–Trinajstić information content (AvgIpc) is 2.26.